The first-order valence-electron chi connectivity index (χ1n) is 5.53. The van der Waals surface area contributed by atoms with E-state index in [0.29, 0.717) is 13.0 Å². The van der Waals surface area contributed by atoms with Gasteiger partial charge in [-0.2, -0.15) is 13.2 Å². The smallest absolute Gasteiger partial charge is 0.422 e. The second-order valence-electron chi connectivity index (χ2n) is 4.03. The number of carbonyl (C=O) groups is 1. The fourth-order valence-electron chi connectivity index (χ4n) is 1.46. The molecule has 0 saturated heterocycles. The van der Waals surface area contributed by atoms with E-state index in [2.05, 4.69) is 4.74 Å². The van der Waals surface area contributed by atoms with Crippen molar-refractivity contribution < 1.29 is 27.3 Å². The van der Waals surface area contributed by atoms with E-state index in [-0.39, 0.29) is 6.42 Å². The van der Waals surface area contributed by atoms with Crippen molar-refractivity contribution in [2.45, 2.75) is 32.5 Å². The zero-order valence-corrected chi connectivity index (χ0v) is 10.3. The summed E-state index contributed by atoms with van der Waals surface area (Å²) < 4.78 is 43.3. The quantitative estimate of drug-likeness (QED) is 0.597. The van der Waals surface area contributed by atoms with Gasteiger partial charge >= 0.3 is 12.1 Å². The minimum atomic E-state index is -4.46. The third-order valence-corrected chi connectivity index (χ3v) is 2.57. The van der Waals surface area contributed by atoms with Crippen LogP contribution >= 0.6 is 0 Å². The molecule has 1 heterocycles. The first-order valence-corrected chi connectivity index (χ1v) is 5.53. The van der Waals surface area contributed by atoms with E-state index in [0.717, 1.165) is 5.82 Å². The molecule has 0 aliphatic rings. The summed E-state index contributed by atoms with van der Waals surface area (Å²) in [6, 6.07) is 0. The third kappa shape index (κ3) is 4.77. The normalized spacial score (nSPS) is 11.6. The molecule has 0 N–H and O–H groups in total. The SMILES string of the molecule is Cc1n(CCCC(=O)OCC(F)(F)F)cc[n+]1C. The Morgan fingerprint density at radius 1 is 1.50 bits per heavy atom. The van der Waals surface area contributed by atoms with E-state index < -0.39 is 18.8 Å². The van der Waals surface area contributed by atoms with Crippen molar-refractivity contribution in [3.63, 3.8) is 0 Å². The Bertz CT molecular complexity index is 413. The van der Waals surface area contributed by atoms with Gasteiger partial charge in [-0.15, -0.1) is 0 Å². The van der Waals surface area contributed by atoms with Crippen molar-refractivity contribution in [2.24, 2.45) is 7.05 Å². The van der Waals surface area contributed by atoms with Gasteiger partial charge in [-0.1, -0.05) is 0 Å². The molecule has 0 amide bonds. The summed E-state index contributed by atoms with van der Waals surface area (Å²) in [5.41, 5.74) is 0. The Labute approximate surface area is 103 Å². The van der Waals surface area contributed by atoms with Crippen molar-refractivity contribution in [3.05, 3.63) is 18.2 Å². The summed E-state index contributed by atoms with van der Waals surface area (Å²) in [7, 11) is 1.89. The Balaban J connectivity index is 2.26. The van der Waals surface area contributed by atoms with Crippen LogP contribution in [0.15, 0.2) is 12.4 Å². The van der Waals surface area contributed by atoms with E-state index in [1.165, 1.54) is 0 Å². The number of hydrogen-bond donors (Lipinski definition) is 0. The number of imidazole rings is 1. The maximum absolute atomic E-state index is 11.8. The lowest BCUT2D eigenvalue weighted by Crippen LogP contribution is -2.29. The van der Waals surface area contributed by atoms with Gasteiger partial charge in [-0.25, -0.2) is 9.13 Å². The van der Waals surface area contributed by atoms with Crippen LogP contribution in [0.3, 0.4) is 0 Å². The number of alkyl halides is 3. The lowest BCUT2D eigenvalue weighted by atomic mass is 10.3. The second kappa shape index (κ2) is 5.88. The Hall–Kier alpha value is -1.53. The van der Waals surface area contributed by atoms with Crippen molar-refractivity contribution in [1.82, 2.24) is 4.57 Å². The fraction of sp³-hybridized carbons (Fsp3) is 0.636. The molecule has 0 atom stereocenters. The number of esters is 1. The van der Waals surface area contributed by atoms with E-state index in [4.69, 9.17) is 0 Å². The first-order chi connectivity index (χ1) is 8.29. The van der Waals surface area contributed by atoms with E-state index in [1.807, 2.05) is 35.5 Å². The van der Waals surface area contributed by atoms with Gasteiger partial charge in [0.1, 0.15) is 12.4 Å². The molecule has 0 spiro atoms. The topological polar surface area (TPSA) is 35.1 Å². The number of carbonyl (C=O) groups excluding carboxylic acids is 1. The molecule has 0 aliphatic carbocycles. The number of hydrogen-bond acceptors (Lipinski definition) is 2. The van der Waals surface area contributed by atoms with Crippen LogP contribution in [0.25, 0.3) is 0 Å². The standard InChI is InChI=1S/C11H16F3N2O2/c1-9-15(2)6-7-16(9)5-3-4-10(17)18-8-11(12,13)14/h6-7H,3-5,8H2,1-2H3/q+1. The summed E-state index contributed by atoms with van der Waals surface area (Å²) in [5.74, 6) is 0.195. The predicted molar refractivity (Wildman–Crippen MR) is 56.6 cm³/mol. The minimum absolute atomic E-state index is 0.0165. The predicted octanol–water partition coefficient (Wildman–Crippen LogP) is 1.51. The van der Waals surface area contributed by atoms with E-state index in [9.17, 15) is 18.0 Å². The van der Waals surface area contributed by atoms with Gasteiger partial charge in [0.15, 0.2) is 6.61 Å². The van der Waals surface area contributed by atoms with Gasteiger partial charge in [0, 0.05) is 13.3 Å². The lowest BCUT2D eigenvalue weighted by molar-refractivity contribution is -0.677. The van der Waals surface area contributed by atoms with E-state index in [1.54, 1.807) is 0 Å². The summed E-state index contributed by atoms with van der Waals surface area (Å²) in [5, 5.41) is 0. The number of aryl methyl sites for hydroxylation is 2. The van der Waals surface area contributed by atoms with Gasteiger partial charge < -0.3 is 4.74 Å². The number of ether oxygens (including phenoxy) is 1. The highest BCUT2D eigenvalue weighted by Crippen LogP contribution is 2.15. The van der Waals surface area contributed by atoms with Crippen molar-refractivity contribution >= 4 is 5.97 Å². The van der Waals surface area contributed by atoms with E-state index >= 15 is 0 Å². The largest absolute Gasteiger partial charge is 0.456 e. The molecule has 7 heteroatoms. The van der Waals surface area contributed by atoms with Gasteiger partial charge in [-0.3, -0.25) is 4.79 Å². The lowest BCUT2D eigenvalue weighted by Gasteiger charge is -2.07. The van der Waals surface area contributed by atoms with Gasteiger partial charge in [0.2, 0.25) is 0 Å². The molecule has 0 aliphatic heterocycles. The molecule has 0 fully saturated rings. The molecule has 1 rings (SSSR count). The molecule has 4 nitrogen and oxygen atoms in total. The highest BCUT2D eigenvalue weighted by molar-refractivity contribution is 5.69. The first kappa shape index (κ1) is 14.5. The van der Waals surface area contributed by atoms with Crippen LogP contribution in [0, 0.1) is 6.92 Å². The number of halogens is 3. The molecule has 0 unspecified atom stereocenters. The highest BCUT2D eigenvalue weighted by atomic mass is 19.4. The van der Waals surface area contributed by atoms with Crippen LogP contribution in [0.4, 0.5) is 13.2 Å². The second-order valence-corrected chi connectivity index (χ2v) is 4.03. The van der Waals surface area contributed by atoms with Crippen molar-refractivity contribution in [2.75, 3.05) is 6.61 Å². The van der Waals surface area contributed by atoms with Crippen LogP contribution in [-0.4, -0.2) is 23.3 Å². The Morgan fingerprint density at radius 2 is 2.17 bits per heavy atom. The summed E-state index contributed by atoms with van der Waals surface area (Å²) in [4.78, 5) is 11.0. The zero-order chi connectivity index (χ0) is 13.8. The third-order valence-electron chi connectivity index (χ3n) is 2.57. The van der Waals surface area contributed by atoms with Crippen molar-refractivity contribution in [3.8, 4) is 0 Å². The van der Waals surface area contributed by atoms with Gasteiger partial charge in [0.05, 0.1) is 13.6 Å². The van der Waals surface area contributed by atoms with Gasteiger partial charge in [0.25, 0.3) is 5.82 Å². The van der Waals surface area contributed by atoms with Crippen LogP contribution in [0.2, 0.25) is 0 Å². The van der Waals surface area contributed by atoms with Crippen molar-refractivity contribution in [1.29, 1.82) is 0 Å². The summed E-state index contributed by atoms with van der Waals surface area (Å²) in [6.07, 6.45) is -0.294. The zero-order valence-electron chi connectivity index (χ0n) is 10.3. The summed E-state index contributed by atoms with van der Waals surface area (Å²) in [6.45, 7) is 0.985. The average Bonchev–Trinajstić information content (AvgIpc) is 2.57. The molecule has 0 saturated carbocycles. The number of nitrogens with zero attached hydrogens (tertiary/aromatic N) is 2. The minimum Gasteiger partial charge on any atom is -0.456 e. The number of rotatable bonds is 5. The highest BCUT2D eigenvalue weighted by Gasteiger charge is 2.29. The van der Waals surface area contributed by atoms with Crippen LogP contribution in [-0.2, 0) is 23.1 Å². The van der Waals surface area contributed by atoms with Crippen LogP contribution in [0.1, 0.15) is 18.7 Å². The van der Waals surface area contributed by atoms with Gasteiger partial charge in [-0.05, 0) is 6.42 Å². The monoisotopic (exact) mass is 265 g/mol. The maximum Gasteiger partial charge on any atom is 0.422 e. The average molecular weight is 265 g/mol. The maximum atomic E-state index is 11.8. The Kier molecular flexibility index (Phi) is 4.75. The van der Waals surface area contributed by atoms with Crippen LogP contribution < -0.4 is 4.57 Å². The molecular weight excluding hydrogens is 249 g/mol. The molecule has 1 aromatic heterocycles. The number of aromatic nitrogens is 2. The molecule has 0 radical (unpaired) electrons. The molecule has 102 valence electrons. The molecule has 18 heavy (non-hydrogen) atoms. The fourth-order valence-corrected chi connectivity index (χ4v) is 1.46. The molecule has 1 aromatic rings. The molecule has 0 bridgehead atoms. The molecular formula is C11H16F3N2O2+. The van der Waals surface area contributed by atoms with Crippen LogP contribution in [0.5, 0.6) is 0 Å². The summed E-state index contributed by atoms with van der Waals surface area (Å²) >= 11 is 0. The Morgan fingerprint density at radius 3 is 2.67 bits per heavy atom. The molecule has 0 aromatic carbocycles.